The topological polar surface area (TPSA) is 66.8 Å². The fourth-order valence-electron chi connectivity index (χ4n) is 1.75. The summed E-state index contributed by atoms with van der Waals surface area (Å²) in [4.78, 5) is 18.5. The second kappa shape index (κ2) is 5.57. The molecule has 0 aliphatic heterocycles. The molecule has 0 spiro atoms. The van der Waals surface area contributed by atoms with Crippen LogP contribution in [-0.4, -0.2) is 9.79 Å². The van der Waals surface area contributed by atoms with Crippen LogP contribution in [0.5, 0.6) is 5.75 Å². The lowest BCUT2D eigenvalue weighted by Crippen LogP contribution is -2.10. The van der Waals surface area contributed by atoms with Gasteiger partial charge in [0.25, 0.3) is 0 Å². The molecule has 2 rings (SSSR count). The maximum Gasteiger partial charge on any atom is 0.359 e. The molecule has 5 heteroatoms. The molecule has 0 atom stereocenters. The average Bonchev–Trinajstić information content (AvgIpc) is 2.37. The first-order valence-corrected chi connectivity index (χ1v) is 7.42. The summed E-state index contributed by atoms with van der Waals surface area (Å²) in [7, 11) is -4.31. The Morgan fingerprint density at radius 2 is 1.68 bits per heavy atom. The van der Waals surface area contributed by atoms with Crippen LogP contribution in [0.1, 0.15) is 11.1 Å². The molecular formula is C14H15O4P. The smallest absolute Gasteiger partial charge is 0.359 e. The highest BCUT2D eigenvalue weighted by molar-refractivity contribution is 7.60. The Balaban J connectivity index is 2.21. The highest BCUT2D eigenvalue weighted by Gasteiger charge is 2.22. The van der Waals surface area contributed by atoms with E-state index in [2.05, 4.69) is 0 Å². The molecule has 100 valence electrons. The molecule has 0 bridgehead atoms. The van der Waals surface area contributed by atoms with Gasteiger partial charge in [0, 0.05) is 0 Å². The van der Waals surface area contributed by atoms with Crippen LogP contribution in [0.15, 0.2) is 48.5 Å². The number of para-hydroxylation sites is 1. The molecule has 4 nitrogen and oxygen atoms in total. The van der Waals surface area contributed by atoms with Crippen LogP contribution in [0.3, 0.4) is 0 Å². The lowest BCUT2D eigenvalue weighted by Gasteiger charge is -2.13. The van der Waals surface area contributed by atoms with Gasteiger partial charge in [-0.3, -0.25) is 4.57 Å². The highest BCUT2D eigenvalue weighted by Crippen LogP contribution is 2.37. The summed E-state index contributed by atoms with van der Waals surface area (Å²) in [6, 6.07) is 13.9. The molecule has 0 heterocycles. The van der Waals surface area contributed by atoms with Crippen LogP contribution in [0, 0.1) is 6.92 Å². The summed E-state index contributed by atoms with van der Waals surface area (Å²) >= 11 is 0. The van der Waals surface area contributed by atoms with Crippen molar-refractivity contribution in [3.05, 3.63) is 59.7 Å². The Morgan fingerprint density at radius 3 is 2.37 bits per heavy atom. The van der Waals surface area contributed by atoms with Gasteiger partial charge in [-0.1, -0.05) is 36.4 Å². The predicted octanol–water partition coefficient (Wildman–Crippen LogP) is 2.38. The van der Waals surface area contributed by atoms with Gasteiger partial charge in [-0.15, -0.1) is 0 Å². The van der Waals surface area contributed by atoms with E-state index < -0.39 is 7.60 Å². The van der Waals surface area contributed by atoms with Crippen molar-refractivity contribution in [1.29, 1.82) is 0 Å². The molecule has 0 aliphatic rings. The lowest BCUT2D eigenvalue weighted by atomic mass is 10.1. The monoisotopic (exact) mass is 278 g/mol. The lowest BCUT2D eigenvalue weighted by molar-refractivity contribution is 0.305. The number of ether oxygens (including phenoxy) is 1. The minimum Gasteiger partial charge on any atom is -0.488 e. The molecule has 0 amide bonds. The van der Waals surface area contributed by atoms with E-state index in [1.807, 2.05) is 31.2 Å². The van der Waals surface area contributed by atoms with Gasteiger partial charge in [-0.05, 0) is 30.2 Å². The van der Waals surface area contributed by atoms with Gasteiger partial charge in [-0.25, -0.2) is 0 Å². The number of hydrogen-bond donors (Lipinski definition) is 2. The first-order chi connectivity index (χ1) is 8.98. The van der Waals surface area contributed by atoms with Gasteiger partial charge in [0.15, 0.2) is 0 Å². The molecule has 0 unspecified atom stereocenters. The van der Waals surface area contributed by atoms with E-state index in [0.717, 1.165) is 11.1 Å². The summed E-state index contributed by atoms with van der Waals surface area (Å²) in [5.41, 5.74) is 2.07. The second-order valence-electron chi connectivity index (χ2n) is 4.23. The molecular weight excluding hydrogens is 263 g/mol. The van der Waals surface area contributed by atoms with Crippen molar-refractivity contribution in [2.24, 2.45) is 0 Å². The normalized spacial score (nSPS) is 11.3. The average molecular weight is 278 g/mol. The van der Waals surface area contributed by atoms with Gasteiger partial charge in [0.05, 0.1) is 0 Å². The van der Waals surface area contributed by atoms with E-state index in [9.17, 15) is 14.4 Å². The van der Waals surface area contributed by atoms with Crippen LogP contribution in [0.2, 0.25) is 0 Å². The SMILES string of the molecule is Cc1ccccc1COc1ccccc1P(=O)(O)O. The summed E-state index contributed by atoms with van der Waals surface area (Å²) in [5, 5.41) is -0.0800. The van der Waals surface area contributed by atoms with E-state index in [-0.39, 0.29) is 17.7 Å². The largest absolute Gasteiger partial charge is 0.488 e. The molecule has 2 aromatic rings. The van der Waals surface area contributed by atoms with Crippen LogP contribution in [0.4, 0.5) is 0 Å². The van der Waals surface area contributed by atoms with Gasteiger partial charge < -0.3 is 14.5 Å². The van der Waals surface area contributed by atoms with Crippen LogP contribution in [0.25, 0.3) is 0 Å². The number of benzene rings is 2. The third kappa shape index (κ3) is 3.44. The van der Waals surface area contributed by atoms with Crippen molar-refractivity contribution in [2.75, 3.05) is 0 Å². The molecule has 0 radical (unpaired) electrons. The van der Waals surface area contributed by atoms with Crippen LogP contribution in [-0.2, 0) is 11.2 Å². The molecule has 0 fully saturated rings. The molecule has 0 aliphatic carbocycles. The fraction of sp³-hybridized carbons (Fsp3) is 0.143. The van der Waals surface area contributed by atoms with E-state index in [4.69, 9.17) is 4.74 Å². The second-order valence-corrected chi connectivity index (χ2v) is 5.80. The standard InChI is InChI=1S/C14H15O4P/c1-11-6-2-3-7-12(11)10-18-13-8-4-5-9-14(13)19(15,16)17/h2-9H,10H2,1H3,(H2,15,16,17). The minimum absolute atomic E-state index is 0.0800. The Bertz CT molecular complexity index is 618. The molecule has 0 saturated carbocycles. The number of hydrogen-bond acceptors (Lipinski definition) is 2. The maximum atomic E-state index is 11.3. The van der Waals surface area contributed by atoms with Gasteiger partial charge in [0.1, 0.15) is 17.7 Å². The predicted molar refractivity (Wildman–Crippen MR) is 73.6 cm³/mol. The number of rotatable bonds is 4. The molecule has 19 heavy (non-hydrogen) atoms. The van der Waals surface area contributed by atoms with E-state index in [1.165, 1.54) is 6.07 Å². The third-order valence-corrected chi connectivity index (χ3v) is 3.82. The van der Waals surface area contributed by atoms with Crippen molar-refractivity contribution in [2.45, 2.75) is 13.5 Å². The van der Waals surface area contributed by atoms with E-state index in [0.29, 0.717) is 0 Å². The summed E-state index contributed by atoms with van der Waals surface area (Å²) in [6.07, 6.45) is 0. The third-order valence-electron chi connectivity index (χ3n) is 2.82. The molecule has 0 saturated heterocycles. The van der Waals surface area contributed by atoms with E-state index >= 15 is 0 Å². The Morgan fingerprint density at radius 1 is 1.05 bits per heavy atom. The highest BCUT2D eigenvalue weighted by atomic mass is 31.2. The fourth-order valence-corrected chi connectivity index (χ4v) is 2.45. The Kier molecular flexibility index (Phi) is 4.05. The van der Waals surface area contributed by atoms with Crippen molar-refractivity contribution in [3.8, 4) is 5.75 Å². The molecule has 2 aromatic carbocycles. The van der Waals surface area contributed by atoms with Crippen molar-refractivity contribution >= 4 is 12.9 Å². The van der Waals surface area contributed by atoms with Crippen LogP contribution >= 0.6 is 7.60 Å². The van der Waals surface area contributed by atoms with Gasteiger partial charge >= 0.3 is 7.60 Å². The van der Waals surface area contributed by atoms with Crippen LogP contribution < -0.4 is 10.0 Å². The van der Waals surface area contributed by atoms with Gasteiger partial charge in [0.2, 0.25) is 0 Å². The first-order valence-electron chi connectivity index (χ1n) is 5.81. The van der Waals surface area contributed by atoms with Gasteiger partial charge in [-0.2, -0.15) is 0 Å². The first kappa shape index (κ1) is 13.8. The Hall–Kier alpha value is -1.61. The quantitative estimate of drug-likeness (QED) is 0.843. The number of aryl methyl sites for hydroxylation is 1. The maximum absolute atomic E-state index is 11.3. The zero-order valence-corrected chi connectivity index (χ0v) is 11.4. The zero-order valence-electron chi connectivity index (χ0n) is 10.5. The van der Waals surface area contributed by atoms with Crippen molar-refractivity contribution in [3.63, 3.8) is 0 Å². The summed E-state index contributed by atoms with van der Waals surface area (Å²) < 4.78 is 16.9. The van der Waals surface area contributed by atoms with Crippen molar-refractivity contribution < 1.29 is 19.1 Å². The zero-order chi connectivity index (χ0) is 13.9. The summed E-state index contributed by atoms with van der Waals surface area (Å²) in [5.74, 6) is 0.221. The summed E-state index contributed by atoms with van der Waals surface area (Å²) in [6.45, 7) is 2.25. The van der Waals surface area contributed by atoms with Crippen molar-refractivity contribution in [1.82, 2.24) is 0 Å². The minimum atomic E-state index is -4.31. The Labute approximate surface area is 111 Å². The van der Waals surface area contributed by atoms with E-state index in [1.54, 1.807) is 18.2 Å². The molecule has 0 aromatic heterocycles. The molecule has 2 N–H and O–H groups in total.